The van der Waals surface area contributed by atoms with E-state index in [1.54, 1.807) is 6.92 Å². The summed E-state index contributed by atoms with van der Waals surface area (Å²) in [4.78, 5) is 0. The molecule has 0 aromatic rings. The normalized spacial score (nSPS) is 21.9. The number of allylic oxidation sites excluding steroid dienone is 1. The number of unbranched alkanes of at least 4 members (excludes halogenated alkanes) is 2. The lowest BCUT2D eigenvalue weighted by Gasteiger charge is -2.06. The number of rotatable bonds is 7. The predicted octanol–water partition coefficient (Wildman–Crippen LogP) is 1.25. The van der Waals surface area contributed by atoms with Gasteiger partial charge in [0.1, 0.15) is 18.3 Å². The number of hydrogen-bond acceptors (Lipinski definition) is 3. The third-order valence-electron chi connectivity index (χ3n) is 2.94. The third-order valence-corrected chi connectivity index (χ3v) is 2.94. The van der Waals surface area contributed by atoms with Crippen molar-refractivity contribution < 1.29 is 14.9 Å². The molecule has 1 fully saturated rings. The van der Waals surface area contributed by atoms with Crippen LogP contribution in [0.15, 0.2) is 12.7 Å². The molecule has 1 rings (SSSR count). The Balaban J connectivity index is 2.28. The Morgan fingerprint density at radius 2 is 1.90 bits per heavy atom. The molecule has 20 heavy (non-hydrogen) atoms. The fourth-order valence-corrected chi connectivity index (χ4v) is 1.82. The Kier molecular flexibility index (Phi) is 7.56. The molecule has 0 radical (unpaired) electrons. The van der Waals surface area contributed by atoms with E-state index in [0.29, 0.717) is 6.42 Å². The topological polar surface area (TPSA) is 53.0 Å². The first-order valence-electron chi connectivity index (χ1n) is 6.75. The van der Waals surface area contributed by atoms with Gasteiger partial charge >= 0.3 is 0 Å². The second kappa shape index (κ2) is 9.24. The lowest BCUT2D eigenvalue weighted by atomic mass is 10.0. The SMILES string of the molecule is C=CCCCCC(O)C1OC1C(O)C#CC#CC#CC. The first kappa shape index (κ1) is 16.4. The van der Waals surface area contributed by atoms with Gasteiger partial charge in [-0.15, -0.1) is 6.58 Å². The van der Waals surface area contributed by atoms with Crippen molar-refractivity contribution in [2.24, 2.45) is 0 Å². The molecule has 0 aromatic heterocycles. The van der Waals surface area contributed by atoms with Crippen molar-refractivity contribution in [3.05, 3.63) is 12.7 Å². The summed E-state index contributed by atoms with van der Waals surface area (Å²) in [5.41, 5.74) is 0. The fraction of sp³-hybridized carbons (Fsp3) is 0.529. The van der Waals surface area contributed by atoms with Crippen molar-refractivity contribution in [1.82, 2.24) is 0 Å². The minimum Gasteiger partial charge on any atom is -0.390 e. The molecule has 0 spiro atoms. The van der Waals surface area contributed by atoms with Gasteiger partial charge in [-0.25, -0.2) is 0 Å². The molecular weight excluding hydrogens is 252 g/mol. The van der Waals surface area contributed by atoms with Crippen LogP contribution in [0.2, 0.25) is 0 Å². The van der Waals surface area contributed by atoms with Crippen LogP contribution >= 0.6 is 0 Å². The van der Waals surface area contributed by atoms with Crippen molar-refractivity contribution in [1.29, 1.82) is 0 Å². The van der Waals surface area contributed by atoms with Gasteiger partial charge in [0.15, 0.2) is 0 Å². The van der Waals surface area contributed by atoms with E-state index < -0.39 is 18.3 Å². The number of ether oxygens (including phenoxy) is 1. The maximum absolute atomic E-state index is 9.89. The third kappa shape index (κ3) is 5.96. The molecule has 0 amide bonds. The van der Waals surface area contributed by atoms with Crippen LogP contribution in [-0.4, -0.2) is 34.6 Å². The van der Waals surface area contributed by atoms with Gasteiger partial charge in [-0.05, 0) is 49.9 Å². The number of aliphatic hydroxyl groups is 2. The predicted molar refractivity (Wildman–Crippen MR) is 78.3 cm³/mol. The highest BCUT2D eigenvalue weighted by Gasteiger charge is 2.48. The van der Waals surface area contributed by atoms with Crippen LogP contribution in [0, 0.1) is 35.5 Å². The highest BCUT2D eigenvalue weighted by molar-refractivity contribution is 5.36. The Labute approximate surface area is 121 Å². The van der Waals surface area contributed by atoms with Crippen LogP contribution in [-0.2, 0) is 4.74 Å². The van der Waals surface area contributed by atoms with Crippen LogP contribution in [0.4, 0.5) is 0 Å². The minimum atomic E-state index is -0.910. The van der Waals surface area contributed by atoms with E-state index in [0.717, 1.165) is 19.3 Å². The Morgan fingerprint density at radius 3 is 2.60 bits per heavy atom. The summed E-state index contributed by atoms with van der Waals surface area (Å²) in [5, 5.41) is 19.6. The van der Waals surface area contributed by atoms with Gasteiger partial charge in [0.25, 0.3) is 0 Å². The standard InChI is InChI=1S/C17H20O3/c1-3-5-7-9-11-13-15(19)17-16(20-17)14(18)12-10-8-6-4-2/h4,14-19H,2,6,8,10,12H2,1H3. The monoisotopic (exact) mass is 272 g/mol. The maximum atomic E-state index is 9.89. The molecule has 0 bridgehead atoms. The zero-order valence-electron chi connectivity index (χ0n) is 11.7. The molecule has 3 heteroatoms. The zero-order chi connectivity index (χ0) is 14.8. The summed E-state index contributed by atoms with van der Waals surface area (Å²) < 4.78 is 5.28. The van der Waals surface area contributed by atoms with E-state index >= 15 is 0 Å². The highest BCUT2D eigenvalue weighted by Crippen LogP contribution is 2.30. The van der Waals surface area contributed by atoms with E-state index in [4.69, 9.17) is 4.74 Å². The van der Waals surface area contributed by atoms with Gasteiger partial charge in [-0.1, -0.05) is 24.3 Å². The second-order valence-electron chi connectivity index (χ2n) is 4.54. The van der Waals surface area contributed by atoms with Gasteiger partial charge in [-0.3, -0.25) is 0 Å². The van der Waals surface area contributed by atoms with Crippen molar-refractivity contribution in [3.8, 4) is 35.5 Å². The summed E-state index contributed by atoms with van der Waals surface area (Å²) in [6.07, 6.45) is 3.24. The lowest BCUT2D eigenvalue weighted by Crippen LogP contribution is -2.22. The molecule has 4 unspecified atom stereocenters. The summed E-state index contributed by atoms with van der Waals surface area (Å²) in [6, 6.07) is 0. The highest BCUT2D eigenvalue weighted by atomic mass is 16.6. The smallest absolute Gasteiger partial charge is 0.144 e. The molecule has 4 atom stereocenters. The van der Waals surface area contributed by atoms with Crippen LogP contribution in [0.25, 0.3) is 0 Å². The van der Waals surface area contributed by atoms with E-state index in [2.05, 4.69) is 42.1 Å². The largest absolute Gasteiger partial charge is 0.390 e. The molecule has 0 aliphatic carbocycles. The van der Waals surface area contributed by atoms with Gasteiger partial charge < -0.3 is 14.9 Å². The zero-order valence-corrected chi connectivity index (χ0v) is 11.7. The Bertz CT molecular complexity index is 490. The Morgan fingerprint density at radius 1 is 1.15 bits per heavy atom. The molecule has 0 aromatic carbocycles. The molecule has 106 valence electrons. The first-order chi connectivity index (χ1) is 9.70. The molecule has 2 N–H and O–H groups in total. The van der Waals surface area contributed by atoms with Crippen molar-refractivity contribution in [3.63, 3.8) is 0 Å². The molecule has 1 saturated heterocycles. The van der Waals surface area contributed by atoms with Crippen LogP contribution in [0.5, 0.6) is 0 Å². The molecule has 1 aliphatic heterocycles. The summed E-state index contributed by atoms with van der Waals surface area (Å²) in [7, 11) is 0. The summed E-state index contributed by atoms with van der Waals surface area (Å²) in [5.74, 6) is 15.3. The van der Waals surface area contributed by atoms with Gasteiger partial charge in [-0.2, -0.15) is 0 Å². The summed E-state index contributed by atoms with van der Waals surface area (Å²) >= 11 is 0. The molecule has 1 heterocycles. The van der Waals surface area contributed by atoms with Crippen molar-refractivity contribution >= 4 is 0 Å². The average molecular weight is 272 g/mol. The Hall–Kier alpha value is -1.70. The quantitative estimate of drug-likeness (QED) is 0.317. The first-order valence-corrected chi connectivity index (χ1v) is 6.75. The van der Waals surface area contributed by atoms with Crippen LogP contribution < -0.4 is 0 Å². The molecule has 0 saturated carbocycles. The average Bonchev–Trinajstić information content (AvgIpc) is 3.23. The van der Waals surface area contributed by atoms with E-state index in [9.17, 15) is 10.2 Å². The lowest BCUT2D eigenvalue weighted by molar-refractivity contribution is 0.123. The fourth-order valence-electron chi connectivity index (χ4n) is 1.82. The van der Waals surface area contributed by atoms with Crippen LogP contribution in [0.3, 0.4) is 0 Å². The van der Waals surface area contributed by atoms with Gasteiger partial charge in [0.05, 0.1) is 6.10 Å². The van der Waals surface area contributed by atoms with E-state index in [-0.39, 0.29) is 6.10 Å². The van der Waals surface area contributed by atoms with Gasteiger partial charge in [0, 0.05) is 0 Å². The van der Waals surface area contributed by atoms with Crippen molar-refractivity contribution in [2.75, 3.05) is 0 Å². The molecular formula is C17H20O3. The molecule has 3 nitrogen and oxygen atoms in total. The molecule has 1 aliphatic rings. The number of hydrogen-bond donors (Lipinski definition) is 2. The van der Waals surface area contributed by atoms with E-state index in [1.165, 1.54) is 0 Å². The summed E-state index contributed by atoms with van der Waals surface area (Å²) in [6.45, 7) is 5.34. The van der Waals surface area contributed by atoms with E-state index in [1.807, 2.05) is 6.08 Å². The number of epoxide rings is 1. The number of aliphatic hydroxyl groups excluding tert-OH is 2. The van der Waals surface area contributed by atoms with Crippen LogP contribution in [0.1, 0.15) is 32.6 Å². The minimum absolute atomic E-state index is 0.313. The van der Waals surface area contributed by atoms with Crippen molar-refractivity contribution in [2.45, 2.75) is 57.0 Å². The van der Waals surface area contributed by atoms with Gasteiger partial charge in [0.2, 0.25) is 0 Å². The maximum Gasteiger partial charge on any atom is 0.144 e. The second-order valence-corrected chi connectivity index (χ2v) is 4.54.